The molecule has 1 unspecified atom stereocenters. The number of aliphatic carboxylic acids is 1. The Bertz CT molecular complexity index is 193. The first-order valence-corrected chi connectivity index (χ1v) is 6.02. The molecule has 0 aromatic rings. The van der Waals surface area contributed by atoms with Gasteiger partial charge in [0.2, 0.25) is 0 Å². The summed E-state index contributed by atoms with van der Waals surface area (Å²) in [4.78, 5) is 11.0. The normalized spacial score (nSPS) is 14.7. The zero-order chi connectivity index (χ0) is 12.4. The third kappa shape index (κ3) is 6.08. The molecule has 0 rings (SSSR count). The van der Waals surface area contributed by atoms with Crippen LogP contribution >= 0.6 is 0 Å². The fourth-order valence-corrected chi connectivity index (χ4v) is 1.39. The molecule has 0 bridgehead atoms. The number of hydrogen-bond donors (Lipinski definition) is 1. The van der Waals surface area contributed by atoms with Crippen molar-refractivity contribution in [3.8, 4) is 0 Å². The zero-order valence-electron chi connectivity index (χ0n) is 10.6. The van der Waals surface area contributed by atoms with Crippen LogP contribution in [0.1, 0.15) is 46.5 Å². The van der Waals surface area contributed by atoms with Crippen LogP contribution < -0.4 is 0 Å². The van der Waals surface area contributed by atoms with Gasteiger partial charge in [0.1, 0.15) is 0 Å². The second-order valence-corrected chi connectivity index (χ2v) is 4.10. The van der Waals surface area contributed by atoms with Crippen molar-refractivity contribution in [1.29, 1.82) is 0 Å². The summed E-state index contributed by atoms with van der Waals surface area (Å²) in [5.74, 6) is -0.900. The quantitative estimate of drug-likeness (QED) is 0.588. The Morgan fingerprint density at radius 3 is 2.38 bits per heavy atom. The van der Waals surface area contributed by atoms with Crippen molar-refractivity contribution in [2.24, 2.45) is 0 Å². The van der Waals surface area contributed by atoms with Gasteiger partial charge in [0.15, 0.2) is 5.60 Å². The first-order chi connectivity index (χ1) is 7.56. The lowest BCUT2D eigenvalue weighted by molar-refractivity contribution is -0.166. The summed E-state index contributed by atoms with van der Waals surface area (Å²) in [6.07, 6.45) is 3.45. The highest BCUT2D eigenvalue weighted by molar-refractivity contribution is 5.76. The van der Waals surface area contributed by atoms with Crippen LogP contribution in [-0.4, -0.2) is 36.5 Å². The minimum Gasteiger partial charge on any atom is -0.479 e. The number of ether oxygens (including phenoxy) is 2. The van der Waals surface area contributed by atoms with Crippen molar-refractivity contribution in [1.82, 2.24) is 0 Å². The highest BCUT2D eigenvalue weighted by atomic mass is 16.6. The third-order valence-corrected chi connectivity index (χ3v) is 2.47. The van der Waals surface area contributed by atoms with E-state index in [1.807, 2.05) is 6.92 Å². The molecule has 4 heteroatoms. The van der Waals surface area contributed by atoms with Gasteiger partial charge in [-0.25, -0.2) is 4.79 Å². The Morgan fingerprint density at radius 2 is 1.88 bits per heavy atom. The molecule has 0 saturated heterocycles. The van der Waals surface area contributed by atoms with Gasteiger partial charge in [0.05, 0.1) is 13.2 Å². The van der Waals surface area contributed by atoms with E-state index in [1.54, 1.807) is 6.92 Å². The number of rotatable bonds is 10. The molecular weight excluding hydrogens is 208 g/mol. The molecule has 0 aliphatic rings. The lowest BCUT2D eigenvalue weighted by Crippen LogP contribution is -2.39. The van der Waals surface area contributed by atoms with Crippen molar-refractivity contribution in [2.75, 3.05) is 19.8 Å². The van der Waals surface area contributed by atoms with Crippen molar-refractivity contribution >= 4 is 5.97 Å². The Morgan fingerprint density at radius 1 is 1.19 bits per heavy atom. The largest absolute Gasteiger partial charge is 0.479 e. The predicted octanol–water partition coefficient (Wildman–Crippen LogP) is 2.46. The topological polar surface area (TPSA) is 55.8 Å². The van der Waals surface area contributed by atoms with Gasteiger partial charge in [0.25, 0.3) is 0 Å². The van der Waals surface area contributed by atoms with Crippen molar-refractivity contribution < 1.29 is 19.4 Å². The van der Waals surface area contributed by atoms with E-state index in [4.69, 9.17) is 14.6 Å². The predicted molar refractivity (Wildman–Crippen MR) is 62.6 cm³/mol. The molecule has 0 radical (unpaired) electrons. The van der Waals surface area contributed by atoms with Crippen LogP contribution in [-0.2, 0) is 14.3 Å². The van der Waals surface area contributed by atoms with Crippen LogP contribution in [0.5, 0.6) is 0 Å². The van der Waals surface area contributed by atoms with E-state index in [-0.39, 0.29) is 0 Å². The number of unbranched alkanes of at least 4 members (excludes halogenated alkanes) is 1. The molecule has 0 amide bonds. The lowest BCUT2D eigenvalue weighted by atomic mass is 10.0. The standard InChI is InChI=1S/C12H24O4/c1-4-6-8-15-9-10-16-12(3,7-5-2)11(13)14/h4-10H2,1-3H3,(H,13,14). The number of carbonyl (C=O) groups is 1. The van der Waals surface area contributed by atoms with Gasteiger partial charge in [-0.2, -0.15) is 0 Å². The maximum atomic E-state index is 11.0. The maximum absolute atomic E-state index is 11.0. The van der Waals surface area contributed by atoms with Crippen LogP contribution in [0.2, 0.25) is 0 Å². The summed E-state index contributed by atoms with van der Waals surface area (Å²) < 4.78 is 10.7. The van der Waals surface area contributed by atoms with E-state index in [2.05, 4.69) is 6.92 Å². The van der Waals surface area contributed by atoms with Crippen LogP contribution in [0.25, 0.3) is 0 Å². The number of hydrogen-bond acceptors (Lipinski definition) is 3. The van der Waals surface area contributed by atoms with Gasteiger partial charge < -0.3 is 14.6 Å². The van der Waals surface area contributed by atoms with E-state index in [0.29, 0.717) is 19.6 Å². The summed E-state index contributed by atoms with van der Waals surface area (Å²) in [6.45, 7) is 7.19. The van der Waals surface area contributed by atoms with Gasteiger partial charge >= 0.3 is 5.97 Å². The second-order valence-electron chi connectivity index (χ2n) is 4.10. The molecule has 4 nitrogen and oxygen atoms in total. The van der Waals surface area contributed by atoms with Gasteiger partial charge in [-0.3, -0.25) is 0 Å². The van der Waals surface area contributed by atoms with Gasteiger partial charge in [0, 0.05) is 6.61 Å². The molecular formula is C12H24O4. The molecule has 0 aromatic carbocycles. The Hall–Kier alpha value is -0.610. The van der Waals surface area contributed by atoms with E-state index < -0.39 is 11.6 Å². The van der Waals surface area contributed by atoms with E-state index in [0.717, 1.165) is 25.9 Å². The molecule has 0 aromatic heterocycles. The Kier molecular flexibility index (Phi) is 8.21. The van der Waals surface area contributed by atoms with Crippen molar-refractivity contribution in [2.45, 2.75) is 52.1 Å². The van der Waals surface area contributed by atoms with Crippen molar-refractivity contribution in [3.05, 3.63) is 0 Å². The zero-order valence-corrected chi connectivity index (χ0v) is 10.6. The lowest BCUT2D eigenvalue weighted by Gasteiger charge is -2.24. The minimum atomic E-state index is -1.07. The molecule has 0 spiro atoms. The van der Waals surface area contributed by atoms with Crippen LogP contribution in [0.15, 0.2) is 0 Å². The average Bonchev–Trinajstić information content (AvgIpc) is 2.23. The first-order valence-electron chi connectivity index (χ1n) is 6.02. The monoisotopic (exact) mass is 232 g/mol. The van der Waals surface area contributed by atoms with Crippen LogP contribution in [0, 0.1) is 0 Å². The average molecular weight is 232 g/mol. The van der Waals surface area contributed by atoms with Gasteiger partial charge in [-0.1, -0.05) is 26.7 Å². The summed E-state index contributed by atoms with van der Waals surface area (Å²) in [5, 5.41) is 9.04. The molecule has 0 saturated carbocycles. The number of carboxylic acids is 1. The van der Waals surface area contributed by atoms with E-state index in [1.165, 1.54) is 0 Å². The summed E-state index contributed by atoms with van der Waals surface area (Å²) >= 11 is 0. The SMILES string of the molecule is CCCCOCCOC(C)(CCC)C(=O)O. The van der Waals surface area contributed by atoms with E-state index >= 15 is 0 Å². The third-order valence-electron chi connectivity index (χ3n) is 2.47. The minimum absolute atomic E-state index is 0.340. The Balaban J connectivity index is 3.73. The molecule has 16 heavy (non-hydrogen) atoms. The Labute approximate surface area is 97.9 Å². The molecule has 1 atom stereocenters. The van der Waals surface area contributed by atoms with Crippen LogP contribution in [0.4, 0.5) is 0 Å². The highest BCUT2D eigenvalue weighted by Gasteiger charge is 2.32. The van der Waals surface area contributed by atoms with Gasteiger partial charge in [-0.05, 0) is 19.8 Å². The van der Waals surface area contributed by atoms with Crippen LogP contribution in [0.3, 0.4) is 0 Å². The molecule has 0 heterocycles. The first kappa shape index (κ1) is 15.4. The molecule has 1 N–H and O–H groups in total. The summed E-state index contributed by atoms with van der Waals surface area (Å²) in [6, 6.07) is 0. The molecule has 0 fully saturated rings. The van der Waals surface area contributed by atoms with E-state index in [9.17, 15) is 4.79 Å². The second kappa shape index (κ2) is 8.53. The smallest absolute Gasteiger partial charge is 0.335 e. The fraction of sp³-hybridized carbons (Fsp3) is 0.917. The molecule has 96 valence electrons. The highest BCUT2D eigenvalue weighted by Crippen LogP contribution is 2.17. The summed E-state index contributed by atoms with van der Waals surface area (Å²) in [5.41, 5.74) is -1.07. The number of carboxylic acid groups (broad SMARTS) is 1. The van der Waals surface area contributed by atoms with Crippen molar-refractivity contribution in [3.63, 3.8) is 0 Å². The van der Waals surface area contributed by atoms with Gasteiger partial charge in [-0.15, -0.1) is 0 Å². The molecule has 0 aliphatic carbocycles. The summed E-state index contributed by atoms with van der Waals surface area (Å²) in [7, 11) is 0. The molecule has 0 aliphatic heterocycles. The fourth-order valence-electron chi connectivity index (χ4n) is 1.39. The maximum Gasteiger partial charge on any atom is 0.335 e.